The molecule has 0 radical (unpaired) electrons. The lowest BCUT2D eigenvalue weighted by atomic mass is 9.97. The Morgan fingerprint density at radius 2 is 1.64 bits per heavy atom. The van der Waals surface area contributed by atoms with Gasteiger partial charge in [0.05, 0.1) is 5.92 Å². The minimum absolute atomic E-state index is 0.0268. The van der Waals surface area contributed by atoms with Crippen LogP contribution in [0, 0.1) is 12.8 Å². The number of carbonyl (C=O) groups is 2. The van der Waals surface area contributed by atoms with E-state index in [2.05, 4.69) is 10.6 Å². The molecule has 1 atom stereocenters. The third-order valence-electron chi connectivity index (χ3n) is 4.42. The van der Waals surface area contributed by atoms with E-state index in [4.69, 9.17) is 0 Å². The van der Waals surface area contributed by atoms with Crippen LogP contribution in [0.3, 0.4) is 0 Å². The van der Waals surface area contributed by atoms with E-state index >= 15 is 0 Å². The van der Waals surface area contributed by atoms with Crippen molar-refractivity contribution in [2.45, 2.75) is 19.8 Å². The molecule has 2 aromatic rings. The quantitative estimate of drug-likeness (QED) is 0.893. The molecular formula is C20H23N3O2. The van der Waals surface area contributed by atoms with Gasteiger partial charge in [0.15, 0.2) is 0 Å². The summed E-state index contributed by atoms with van der Waals surface area (Å²) in [5, 5.41) is 5.83. The average molecular weight is 337 g/mol. The first-order valence-corrected chi connectivity index (χ1v) is 8.60. The predicted molar refractivity (Wildman–Crippen MR) is 99.6 cm³/mol. The second kappa shape index (κ2) is 7.83. The standard InChI is InChI=1S/C20H23N3O2/c1-15-9-11-18(12-10-15)21-19(24)16-6-5-13-23(14-16)20(25)22-17-7-3-2-4-8-17/h2-4,7-12,16H,5-6,13-14H2,1H3,(H,21,24)(H,22,25)/t16-/m1/s1. The van der Waals surface area contributed by atoms with Crippen LogP contribution < -0.4 is 10.6 Å². The molecule has 5 nitrogen and oxygen atoms in total. The fourth-order valence-electron chi connectivity index (χ4n) is 2.98. The molecule has 1 aliphatic rings. The van der Waals surface area contributed by atoms with Gasteiger partial charge in [0, 0.05) is 24.5 Å². The number of para-hydroxylation sites is 1. The van der Waals surface area contributed by atoms with Crippen LogP contribution in [0.5, 0.6) is 0 Å². The summed E-state index contributed by atoms with van der Waals surface area (Å²) in [5.41, 5.74) is 2.71. The zero-order chi connectivity index (χ0) is 17.6. The number of likely N-dealkylation sites (tertiary alicyclic amines) is 1. The van der Waals surface area contributed by atoms with Gasteiger partial charge in [-0.3, -0.25) is 4.79 Å². The van der Waals surface area contributed by atoms with Crippen molar-refractivity contribution in [3.8, 4) is 0 Å². The van der Waals surface area contributed by atoms with Gasteiger partial charge in [-0.05, 0) is 44.0 Å². The van der Waals surface area contributed by atoms with Crippen molar-refractivity contribution in [1.82, 2.24) is 4.90 Å². The molecule has 3 amide bonds. The molecule has 1 saturated heterocycles. The van der Waals surface area contributed by atoms with Crippen LogP contribution in [0.4, 0.5) is 16.2 Å². The first kappa shape index (κ1) is 17.0. The Balaban J connectivity index is 1.57. The Morgan fingerprint density at radius 1 is 0.960 bits per heavy atom. The zero-order valence-electron chi connectivity index (χ0n) is 14.4. The molecule has 0 saturated carbocycles. The molecule has 0 spiro atoms. The van der Waals surface area contributed by atoms with Crippen LogP contribution in [-0.4, -0.2) is 29.9 Å². The number of urea groups is 1. The number of rotatable bonds is 3. The lowest BCUT2D eigenvalue weighted by Crippen LogP contribution is -2.45. The third-order valence-corrected chi connectivity index (χ3v) is 4.42. The third kappa shape index (κ3) is 4.59. The Bertz CT molecular complexity index is 728. The number of piperidine rings is 1. The summed E-state index contributed by atoms with van der Waals surface area (Å²) in [6, 6.07) is 16.9. The van der Waals surface area contributed by atoms with Crippen LogP contribution in [0.25, 0.3) is 0 Å². The summed E-state index contributed by atoms with van der Waals surface area (Å²) >= 11 is 0. The summed E-state index contributed by atoms with van der Waals surface area (Å²) in [4.78, 5) is 26.6. The van der Waals surface area contributed by atoms with Crippen molar-refractivity contribution >= 4 is 23.3 Å². The van der Waals surface area contributed by atoms with E-state index < -0.39 is 0 Å². The van der Waals surface area contributed by atoms with Gasteiger partial charge >= 0.3 is 6.03 Å². The van der Waals surface area contributed by atoms with Gasteiger partial charge in [-0.25, -0.2) is 4.79 Å². The van der Waals surface area contributed by atoms with Gasteiger partial charge in [-0.15, -0.1) is 0 Å². The Labute approximate surface area is 148 Å². The van der Waals surface area contributed by atoms with Crippen molar-refractivity contribution < 1.29 is 9.59 Å². The predicted octanol–water partition coefficient (Wildman–Crippen LogP) is 3.88. The first-order valence-electron chi connectivity index (χ1n) is 8.60. The molecular weight excluding hydrogens is 314 g/mol. The van der Waals surface area contributed by atoms with Crippen molar-refractivity contribution in [1.29, 1.82) is 0 Å². The number of nitrogens with zero attached hydrogens (tertiary/aromatic N) is 1. The molecule has 1 aliphatic heterocycles. The second-order valence-corrected chi connectivity index (χ2v) is 6.44. The molecule has 0 unspecified atom stereocenters. The summed E-state index contributed by atoms with van der Waals surface area (Å²) in [6.45, 7) is 3.12. The van der Waals surface area contributed by atoms with Crippen LogP contribution >= 0.6 is 0 Å². The lowest BCUT2D eigenvalue weighted by Gasteiger charge is -2.32. The highest BCUT2D eigenvalue weighted by Gasteiger charge is 2.28. The molecule has 3 rings (SSSR count). The van der Waals surface area contributed by atoms with Gasteiger partial charge in [0.25, 0.3) is 0 Å². The molecule has 0 bridgehead atoms. The molecule has 0 aromatic heterocycles. The molecule has 2 aromatic carbocycles. The summed E-state index contributed by atoms with van der Waals surface area (Å²) in [5.74, 6) is -0.211. The second-order valence-electron chi connectivity index (χ2n) is 6.44. The first-order chi connectivity index (χ1) is 12.1. The van der Waals surface area contributed by atoms with Crippen LogP contribution in [0.1, 0.15) is 18.4 Å². The van der Waals surface area contributed by atoms with Crippen molar-refractivity contribution in [2.24, 2.45) is 5.92 Å². The summed E-state index contributed by atoms with van der Waals surface area (Å²) < 4.78 is 0. The largest absolute Gasteiger partial charge is 0.326 e. The van der Waals surface area contributed by atoms with Gasteiger partial charge in [-0.1, -0.05) is 35.9 Å². The van der Waals surface area contributed by atoms with Crippen molar-refractivity contribution in [3.63, 3.8) is 0 Å². The average Bonchev–Trinajstić information content (AvgIpc) is 2.64. The maximum atomic E-state index is 12.5. The lowest BCUT2D eigenvalue weighted by molar-refractivity contribution is -0.121. The van der Waals surface area contributed by atoms with Crippen LogP contribution in [0.2, 0.25) is 0 Å². The molecule has 130 valence electrons. The summed E-state index contributed by atoms with van der Waals surface area (Å²) in [6.07, 6.45) is 1.63. The number of aryl methyl sites for hydroxylation is 1. The van der Waals surface area contributed by atoms with Crippen molar-refractivity contribution in [2.75, 3.05) is 23.7 Å². The number of nitrogens with one attached hydrogen (secondary N) is 2. The molecule has 1 heterocycles. The molecule has 5 heteroatoms. The van der Waals surface area contributed by atoms with E-state index in [9.17, 15) is 9.59 Å². The number of amides is 3. The number of hydrogen-bond donors (Lipinski definition) is 2. The SMILES string of the molecule is Cc1ccc(NC(=O)[C@@H]2CCCN(C(=O)Nc3ccccc3)C2)cc1. The minimum Gasteiger partial charge on any atom is -0.326 e. The number of hydrogen-bond acceptors (Lipinski definition) is 2. The molecule has 0 aliphatic carbocycles. The van der Waals surface area contributed by atoms with E-state index in [-0.39, 0.29) is 17.9 Å². The summed E-state index contributed by atoms with van der Waals surface area (Å²) in [7, 11) is 0. The van der Waals surface area contributed by atoms with E-state index in [1.165, 1.54) is 0 Å². The maximum absolute atomic E-state index is 12.5. The minimum atomic E-state index is -0.184. The van der Waals surface area contributed by atoms with E-state index in [0.29, 0.717) is 13.1 Å². The highest BCUT2D eigenvalue weighted by atomic mass is 16.2. The number of benzene rings is 2. The monoisotopic (exact) mass is 337 g/mol. The Morgan fingerprint density at radius 3 is 2.36 bits per heavy atom. The smallest absolute Gasteiger partial charge is 0.321 e. The Kier molecular flexibility index (Phi) is 5.33. The molecule has 25 heavy (non-hydrogen) atoms. The highest BCUT2D eigenvalue weighted by Crippen LogP contribution is 2.20. The fourth-order valence-corrected chi connectivity index (χ4v) is 2.98. The van der Waals surface area contributed by atoms with E-state index in [1.54, 1.807) is 4.90 Å². The highest BCUT2D eigenvalue weighted by molar-refractivity contribution is 5.94. The molecule has 2 N–H and O–H groups in total. The number of carbonyl (C=O) groups excluding carboxylic acids is 2. The normalized spacial score (nSPS) is 17.0. The zero-order valence-corrected chi connectivity index (χ0v) is 14.4. The van der Waals surface area contributed by atoms with Gasteiger partial charge in [-0.2, -0.15) is 0 Å². The van der Waals surface area contributed by atoms with Gasteiger partial charge in [0.2, 0.25) is 5.91 Å². The van der Waals surface area contributed by atoms with Gasteiger partial charge in [0.1, 0.15) is 0 Å². The van der Waals surface area contributed by atoms with E-state index in [1.807, 2.05) is 61.5 Å². The van der Waals surface area contributed by atoms with Crippen LogP contribution in [0.15, 0.2) is 54.6 Å². The molecule has 1 fully saturated rings. The van der Waals surface area contributed by atoms with Crippen LogP contribution in [-0.2, 0) is 4.79 Å². The topological polar surface area (TPSA) is 61.4 Å². The van der Waals surface area contributed by atoms with E-state index in [0.717, 1.165) is 29.8 Å². The Hall–Kier alpha value is -2.82. The fraction of sp³-hybridized carbons (Fsp3) is 0.300. The van der Waals surface area contributed by atoms with Crippen molar-refractivity contribution in [3.05, 3.63) is 60.2 Å². The number of anilines is 2. The van der Waals surface area contributed by atoms with Gasteiger partial charge < -0.3 is 15.5 Å². The maximum Gasteiger partial charge on any atom is 0.321 e.